The van der Waals surface area contributed by atoms with E-state index in [1.165, 1.54) is 148 Å². The van der Waals surface area contributed by atoms with E-state index in [9.17, 15) is 38.2 Å². The van der Waals surface area contributed by atoms with E-state index in [1.807, 2.05) is 0 Å². The molecule has 0 aliphatic carbocycles. The van der Waals surface area contributed by atoms with E-state index in [0.717, 1.165) is 57.8 Å². The molecular weight excluding hydrogens is 835 g/mol. The SMILES string of the molecule is CCCCC/C=C\C/C=C\CCCCCCCCCC(=O)NC(COC1OC(CO)C(O)C(OS(=O)(=O)O)C1O)C(O)CCCCCCCCCCCCCCCCCCCCCC. The molecule has 378 valence electrons. The molecule has 6 N–H and O–H groups in total. The van der Waals surface area contributed by atoms with Gasteiger partial charge >= 0.3 is 10.4 Å². The molecule has 0 aromatic rings. The van der Waals surface area contributed by atoms with Crippen LogP contribution in [0.25, 0.3) is 0 Å². The molecule has 0 spiro atoms. The number of ether oxygens (including phenoxy) is 2. The second-order valence-electron chi connectivity index (χ2n) is 18.5. The van der Waals surface area contributed by atoms with Gasteiger partial charge < -0.3 is 35.2 Å². The lowest BCUT2D eigenvalue weighted by atomic mass is 9.99. The zero-order chi connectivity index (χ0) is 46.9. The van der Waals surface area contributed by atoms with Gasteiger partial charge in [-0.3, -0.25) is 9.35 Å². The van der Waals surface area contributed by atoms with Crippen LogP contribution in [0.4, 0.5) is 0 Å². The summed E-state index contributed by atoms with van der Waals surface area (Å²) < 4.78 is 47.8. The highest BCUT2D eigenvalue weighted by Gasteiger charge is 2.48. The van der Waals surface area contributed by atoms with Crippen molar-refractivity contribution in [2.24, 2.45) is 0 Å². The van der Waals surface area contributed by atoms with Crippen LogP contribution in [0.2, 0.25) is 0 Å². The van der Waals surface area contributed by atoms with Crippen LogP contribution in [0.15, 0.2) is 24.3 Å². The molecule has 1 rings (SSSR count). The number of aliphatic hydroxyl groups is 4. The van der Waals surface area contributed by atoms with E-state index < -0.39 is 59.9 Å². The van der Waals surface area contributed by atoms with Crippen molar-refractivity contribution in [1.29, 1.82) is 0 Å². The van der Waals surface area contributed by atoms with Crippen LogP contribution in [0.3, 0.4) is 0 Å². The third-order valence-corrected chi connectivity index (χ3v) is 13.0. The molecule has 1 heterocycles. The van der Waals surface area contributed by atoms with Gasteiger partial charge in [0, 0.05) is 6.42 Å². The summed E-state index contributed by atoms with van der Waals surface area (Å²) in [4.78, 5) is 13.1. The summed E-state index contributed by atoms with van der Waals surface area (Å²) in [6.45, 7) is 3.44. The van der Waals surface area contributed by atoms with Crippen molar-refractivity contribution in [3.05, 3.63) is 24.3 Å². The molecule has 1 aliphatic rings. The largest absolute Gasteiger partial charge is 0.397 e. The van der Waals surface area contributed by atoms with Gasteiger partial charge in [0.1, 0.15) is 24.4 Å². The predicted molar refractivity (Wildman–Crippen MR) is 259 cm³/mol. The highest BCUT2D eigenvalue weighted by Crippen LogP contribution is 2.26. The Hall–Kier alpha value is -1.42. The highest BCUT2D eigenvalue weighted by molar-refractivity contribution is 7.80. The average Bonchev–Trinajstić information content (AvgIpc) is 3.27. The van der Waals surface area contributed by atoms with Gasteiger partial charge in [-0.1, -0.05) is 212 Å². The van der Waals surface area contributed by atoms with Crippen molar-refractivity contribution in [1.82, 2.24) is 5.32 Å². The number of aliphatic hydroxyl groups excluding tert-OH is 4. The van der Waals surface area contributed by atoms with Crippen LogP contribution >= 0.6 is 0 Å². The van der Waals surface area contributed by atoms with E-state index in [1.54, 1.807) is 0 Å². The number of carbonyl (C=O) groups excluding carboxylic acids is 1. The second kappa shape index (κ2) is 41.7. The molecule has 1 fully saturated rings. The monoisotopic (exact) mass is 932 g/mol. The quantitative estimate of drug-likeness (QED) is 0.0193. The van der Waals surface area contributed by atoms with Crippen LogP contribution in [0.5, 0.6) is 0 Å². The van der Waals surface area contributed by atoms with Gasteiger partial charge in [-0.2, -0.15) is 8.42 Å². The van der Waals surface area contributed by atoms with Gasteiger partial charge in [-0.15, -0.1) is 0 Å². The Morgan fingerprint density at radius 2 is 1.05 bits per heavy atom. The van der Waals surface area contributed by atoms with Crippen LogP contribution in [-0.2, 0) is 28.9 Å². The summed E-state index contributed by atoms with van der Waals surface area (Å²) in [6, 6.07) is -0.861. The minimum absolute atomic E-state index is 0.236. The average molecular weight is 932 g/mol. The van der Waals surface area contributed by atoms with Crippen molar-refractivity contribution in [3.8, 4) is 0 Å². The Morgan fingerprint density at radius 1 is 0.625 bits per heavy atom. The zero-order valence-electron chi connectivity index (χ0n) is 40.6. The first-order chi connectivity index (χ1) is 31.0. The normalized spacial score (nSPS) is 20.4. The zero-order valence-corrected chi connectivity index (χ0v) is 41.4. The van der Waals surface area contributed by atoms with Gasteiger partial charge in [0.15, 0.2) is 6.29 Å². The number of nitrogens with one attached hydrogen (secondary N) is 1. The fourth-order valence-corrected chi connectivity index (χ4v) is 8.94. The summed E-state index contributed by atoms with van der Waals surface area (Å²) in [5.41, 5.74) is 0. The van der Waals surface area contributed by atoms with E-state index in [-0.39, 0.29) is 18.9 Å². The fourth-order valence-electron chi connectivity index (χ4n) is 8.43. The van der Waals surface area contributed by atoms with E-state index >= 15 is 0 Å². The molecular formula is C51H97NO11S. The molecule has 0 aromatic heterocycles. The second-order valence-corrected chi connectivity index (χ2v) is 19.5. The van der Waals surface area contributed by atoms with Crippen molar-refractivity contribution in [2.75, 3.05) is 13.2 Å². The Morgan fingerprint density at radius 3 is 1.52 bits per heavy atom. The van der Waals surface area contributed by atoms with Crippen LogP contribution in [0, 0.1) is 0 Å². The number of hydrogen-bond donors (Lipinski definition) is 6. The van der Waals surface area contributed by atoms with E-state index in [4.69, 9.17) is 9.47 Å². The standard InChI is InChI=1S/C51H97NO11S/c1-3-5-7-9-11-13-15-17-19-21-22-23-25-26-28-30-32-34-36-38-40-45(54)44(43-61-51-49(57)50(63-64(58,59)60)48(56)46(42-53)62-51)52-47(55)41-39-37-35-33-31-29-27-24-20-18-16-14-12-10-8-6-4-2/h12,14,18,20,44-46,48-51,53-54,56-57H,3-11,13,15-17,19,21-43H2,1-2H3,(H,52,55)(H,58,59,60)/b14-12-,20-18-. The number of amides is 1. The molecule has 13 heteroatoms. The van der Waals surface area contributed by atoms with Crippen LogP contribution in [-0.4, -0.2) is 95.4 Å². The smallest absolute Gasteiger partial charge is 0.394 e. The molecule has 0 aromatic carbocycles. The van der Waals surface area contributed by atoms with Crippen molar-refractivity contribution < 1.29 is 51.8 Å². The molecule has 0 bridgehead atoms. The Bertz CT molecular complexity index is 1230. The number of carbonyl (C=O) groups is 1. The Kier molecular flexibility index (Phi) is 39.5. The van der Waals surface area contributed by atoms with Crippen LogP contribution in [0.1, 0.15) is 239 Å². The molecule has 1 saturated heterocycles. The first-order valence-electron chi connectivity index (χ1n) is 26.2. The first kappa shape index (κ1) is 60.6. The molecule has 1 aliphatic heterocycles. The maximum Gasteiger partial charge on any atom is 0.397 e. The third kappa shape index (κ3) is 34.0. The summed E-state index contributed by atoms with van der Waals surface area (Å²) in [5.74, 6) is -0.236. The summed E-state index contributed by atoms with van der Waals surface area (Å²) in [6.07, 6.45) is 40.3. The maximum atomic E-state index is 13.1. The van der Waals surface area contributed by atoms with Crippen molar-refractivity contribution in [3.63, 3.8) is 0 Å². The summed E-state index contributed by atoms with van der Waals surface area (Å²) >= 11 is 0. The van der Waals surface area contributed by atoms with Crippen molar-refractivity contribution >= 4 is 16.3 Å². The van der Waals surface area contributed by atoms with Crippen LogP contribution < -0.4 is 5.32 Å². The predicted octanol–water partition coefficient (Wildman–Crippen LogP) is 11.3. The lowest BCUT2D eigenvalue weighted by Gasteiger charge is -2.41. The van der Waals surface area contributed by atoms with Gasteiger partial charge in [0.2, 0.25) is 5.91 Å². The molecule has 64 heavy (non-hydrogen) atoms. The van der Waals surface area contributed by atoms with E-state index in [0.29, 0.717) is 12.8 Å². The number of unbranched alkanes of at least 4 members (excludes halogenated alkanes) is 29. The van der Waals surface area contributed by atoms with Gasteiger partial charge in [-0.25, -0.2) is 4.18 Å². The number of allylic oxidation sites excluding steroid dienone is 4. The van der Waals surface area contributed by atoms with Gasteiger partial charge in [0.05, 0.1) is 25.4 Å². The van der Waals surface area contributed by atoms with Crippen molar-refractivity contribution in [2.45, 2.75) is 281 Å². The highest BCUT2D eigenvalue weighted by atomic mass is 32.3. The maximum absolute atomic E-state index is 13.1. The molecule has 0 radical (unpaired) electrons. The minimum Gasteiger partial charge on any atom is -0.394 e. The molecule has 1 amide bonds. The lowest BCUT2D eigenvalue weighted by Crippen LogP contribution is -2.61. The summed E-state index contributed by atoms with van der Waals surface area (Å²) in [5, 5.41) is 45.0. The first-order valence-corrected chi connectivity index (χ1v) is 27.6. The molecule has 7 unspecified atom stereocenters. The minimum atomic E-state index is -5.08. The number of rotatable bonds is 45. The summed E-state index contributed by atoms with van der Waals surface area (Å²) in [7, 11) is -5.08. The molecule has 0 saturated carbocycles. The third-order valence-electron chi connectivity index (χ3n) is 12.5. The number of hydrogen-bond acceptors (Lipinski definition) is 10. The van der Waals surface area contributed by atoms with E-state index in [2.05, 4.69) is 47.7 Å². The topological polar surface area (TPSA) is 192 Å². The van der Waals surface area contributed by atoms with Gasteiger partial charge in [0.25, 0.3) is 0 Å². The lowest BCUT2D eigenvalue weighted by molar-refractivity contribution is -0.298. The Balaban J connectivity index is 2.42. The molecule has 7 atom stereocenters. The fraction of sp³-hybridized carbons (Fsp3) is 0.902. The Labute approximate surface area is 391 Å². The molecule has 12 nitrogen and oxygen atoms in total. The van der Waals surface area contributed by atoms with Gasteiger partial charge in [-0.05, 0) is 44.9 Å².